The highest BCUT2D eigenvalue weighted by atomic mass is 16.5. The normalized spacial score (nSPS) is 18.7. The summed E-state index contributed by atoms with van der Waals surface area (Å²) in [7, 11) is 4.69. The van der Waals surface area contributed by atoms with Gasteiger partial charge in [-0.1, -0.05) is 0 Å². The average molecular weight is 371 g/mol. The van der Waals surface area contributed by atoms with Crippen LogP contribution in [0.5, 0.6) is 28.7 Å². The van der Waals surface area contributed by atoms with Gasteiger partial charge in [0.25, 0.3) is 0 Å². The van der Waals surface area contributed by atoms with Crippen molar-refractivity contribution < 1.29 is 24.4 Å². The Kier molecular flexibility index (Phi) is 4.52. The molecule has 0 aromatic heterocycles. The van der Waals surface area contributed by atoms with E-state index in [1.54, 1.807) is 14.2 Å². The van der Waals surface area contributed by atoms with Crippen LogP contribution in [0, 0.1) is 0 Å². The quantitative estimate of drug-likeness (QED) is 0.864. The second-order valence-electron chi connectivity index (χ2n) is 7.10. The van der Waals surface area contributed by atoms with Crippen LogP contribution in [0.15, 0.2) is 18.2 Å². The Hall–Kier alpha value is -2.60. The van der Waals surface area contributed by atoms with Crippen molar-refractivity contribution in [2.24, 2.45) is 0 Å². The molecule has 0 aliphatic carbocycles. The van der Waals surface area contributed by atoms with Crippen LogP contribution < -0.4 is 14.2 Å². The Morgan fingerprint density at radius 1 is 0.926 bits per heavy atom. The van der Waals surface area contributed by atoms with E-state index in [-0.39, 0.29) is 17.5 Å². The largest absolute Gasteiger partial charge is 0.504 e. The molecule has 6 heteroatoms. The van der Waals surface area contributed by atoms with Gasteiger partial charge in [0.15, 0.2) is 23.0 Å². The van der Waals surface area contributed by atoms with E-state index in [2.05, 4.69) is 4.90 Å². The summed E-state index contributed by atoms with van der Waals surface area (Å²) in [6, 6.07) is 5.94. The lowest BCUT2D eigenvalue weighted by atomic mass is 9.89. The van der Waals surface area contributed by atoms with Crippen molar-refractivity contribution in [3.8, 4) is 28.7 Å². The molecule has 2 aliphatic rings. The molecule has 0 spiro atoms. The van der Waals surface area contributed by atoms with Crippen LogP contribution in [-0.2, 0) is 19.4 Å². The molecular weight excluding hydrogens is 346 g/mol. The van der Waals surface area contributed by atoms with Gasteiger partial charge in [0.1, 0.15) is 0 Å². The molecule has 0 bridgehead atoms. The number of rotatable bonds is 3. The Labute approximate surface area is 158 Å². The van der Waals surface area contributed by atoms with Crippen molar-refractivity contribution in [1.82, 2.24) is 4.90 Å². The zero-order valence-electron chi connectivity index (χ0n) is 15.9. The number of phenolic OH excluding ortho intramolecular Hbond substituents is 2. The molecule has 2 aromatic rings. The molecule has 0 saturated heterocycles. The van der Waals surface area contributed by atoms with Gasteiger partial charge in [-0.25, -0.2) is 0 Å². The van der Waals surface area contributed by atoms with Crippen LogP contribution >= 0.6 is 0 Å². The average Bonchev–Trinajstić information content (AvgIpc) is 2.87. The van der Waals surface area contributed by atoms with Gasteiger partial charge in [-0.15, -0.1) is 0 Å². The molecule has 0 fully saturated rings. The number of nitrogens with zero attached hydrogens (tertiary/aromatic N) is 1. The molecule has 2 N–H and O–H groups in total. The minimum Gasteiger partial charge on any atom is -0.504 e. The first-order valence-electron chi connectivity index (χ1n) is 9.16. The maximum absolute atomic E-state index is 10.8. The van der Waals surface area contributed by atoms with E-state index in [1.165, 1.54) is 12.7 Å². The van der Waals surface area contributed by atoms with Crippen molar-refractivity contribution in [3.63, 3.8) is 0 Å². The Morgan fingerprint density at radius 2 is 1.67 bits per heavy atom. The Balaban J connectivity index is 1.75. The smallest absolute Gasteiger partial charge is 0.203 e. The fraction of sp³-hybridized carbons (Fsp3) is 0.429. The zero-order valence-corrected chi connectivity index (χ0v) is 15.9. The van der Waals surface area contributed by atoms with Crippen LogP contribution in [-0.4, -0.2) is 43.0 Å². The number of methoxy groups -OCH3 is 3. The van der Waals surface area contributed by atoms with Gasteiger partial charge >= 0.3 is 0 Å². The lowest BCUT2D eigenvalue weighted by Crippen LogP contribution is -2.34. The summed E-state index contributed by atoms with van der Waals surface area (Å²) in [5.41, 5.74) is 4.34. The summed E-state index contributed by atoms with van der Waals surface area (Å²) in [4.78, 5) is 2.37. The number of hydrogen-bond donors (Lipinski definition) is 2. The fourth-order valence-electron chi connectivity index (χ4n) is 4.42. The molecule has 2 heterocycles. The number of ether oxygens (including phenoxy) is 3. The summed E-state index contributed by atoms with van der Waals surface area (Å²) in [5, 5.41) is 21.0. The highest BCUT2D eigenvalue weighted by molar-refractivity contribution is 5.59. The molecule has 27 heavy (non-hydrogen) atoms. The van der Waals surface area contributed by atoms with Crippen LogP contribution in [0.4, 0.5) is 0 Å². The van der Waals surface area contributed by atoms with E-state index < -0.39 is 0 Å². The monoisotopic (exact) mass is 371 g/mol. The van der Waals surface area contributed by atoms with Gasteiger partial charge in [0.2, 0.25) is 5.75 Å². The molecule has 2 aromatic carbocycles. The molecule has 1 atom stereocenters. The highest BCUT2D eigenvalue weighted by Crippen LogP contribution is 2.47. The number of aromatic hydroxyl groups is 2. The summed E-state index contributed by atoms with van der Waals surface area (Å²) >= 11 is 0. The number of phenols is 2. The number of hydrogen-bond acceptors (Lipinski definition) is 6. The van der Waals surface area contributed by atoms with Crippen molar-refractivity contribution in [1.29, 1.82) is 0 Å². The SMILES string of the molecule is COc1cc2c(cc1O)C1CCc3cc(OC)c(OC)c(O)c3CN1CC2. The van der Waals surface area contributed by atoms with E-state index in [9.17, 15) is 10.2 Å². The summed E-state index contributed by atoms with van der Waals surface area (Å²) < 4.78 is 16.0. The number of fused-ring (bicyclic) bond motifs is 4. The molecule has 144 valence electrons. The standard InChI is InChI=1S/C21H25NO5/c1-25-18-8-13-6-7-22-11-15-12(4-5-16(22)14(13)10-17(18)23)9-19(26-2)21(27-3)20(15)24/h8-10,16,23-24H,4-7,11H2,1-3H3. The third-order valence-electron chi connectivity index (χ3n) is 5.80. The van der Waals surface area contributed by atoms with Gasteiger partial charge in [-0.3, -0.25) is 4.90 Å². The predicted octanol–water partition coefficient (Wildman–Crippen LogP) is 3.17. The molecule has 1 unspecified atom stereocenters. The molecular formula is C21H25NO5. The first-order chi connectivity index (χ1) is 13.1. The lowest BCUT2D eigenvalue weighted by Gasteiger charge is -2.36. The van der Waals surface area contributed by atoms with Crippen molar-refractivity contribution in [2.75, 3.05) is 27.9 Å². The van der Waals surface area contributed by atoms with Crippen LogP contribution in [0.3, 0.4) is 0 Å². The van der Waals surface area contributed by atoms with Crippen molar-refractivity contribution in [3.05, 3.63) is 40.5 Å². The topological polar surface area (TPSA) is 71.4 Å². The molecule has 0 amide bonds. The minimum atomic E-state index is 0.163. The summed E-state index contributed by atoms with van der Waals surface area (Å²) in [6.07, 6.45) is 2.60. The van der Waals surface area contributed by atoms with Crippen LogP contribution in [0.1, 0.15) is 34.7 Å². The van der Waals surface area contributed by atoms with E-state index in [1.807, 2.05) is 18.2 Å². The predicted molar refractivity (Wildman–Crippen MR) is 101 cm³/mol. The van der Waals surface area contributed by atoms with E-state index in [0.29, 0.717) is 23.8 Å². The first-order valence-corrected chi connectivity index (χ1v) is 9.16. The van der Waals surface area contributed by atoms with Gasteiger partial charge in [0, 0.05) is 24.7 Å². The van der Waals surface area contributed by atoms with Gasteiger partial charge in [-0.2, -0.15) is 0 Å². The Morgan fingerprint density at radius 3 is 2.37 bits per heavy atom. The van der Waals surface area contributed by atoms with Crippen molar-refractivity contribution in [2.45, 2.75) is 31.8 Å². The molecule has 6 nitrogen and oxygen atoms in total. The van der Waals surface area contributed by atoms with Gasteiger partial charge in [0.05, 0.1) is 21.3 Å². The molecule has 2 aliphatic heterocycles. The third-order valence-corrected chi connectivity index (χ3v) is 5.80. The van der Waals surface area contributed by atoms with Gasteiger partial charge < -0.3 is 24.4 Å². The number of aryl methyl sites for hydroxylation is 1. The van der Waals surface area contributed by atoms with Crippen LogP contribution in [0.25, 0.3) is 0 Å². The van der Waals surface area contributed by atoms with Crippen molar-refractivity contribution >= 4 is 0 Å². The fourth-order valence-corrected chi connectivity index (χ4v) is 4.42. The highest BCUT2D eigenvalue weighted by Gasteiger charge is 2.33. The second kappa shape index (κ2) is 6.85. The third kappa shape index (κ3) is 2.84. The summed E-state index contributed by atoms with van der Waals surface area (Å²) in [5.74, 6) is 1.79. The van der Waals surface area contributed by atoms with E-state index in [4.69, 9.17) is 14.2 Å². The minimum absolute atomic E-state index is 0.163. The molecule has 0 radical (unpaired) electrons. The maximum atomic E-state index is 10.8. The second-order valence-corrected chi connectivity index (χ2v) is 7.10. The number of benzene rings is 2. The maximum Gasteiger partial charge on any atom is 0.203 e. The van der Waals surface area contributed by atoms with E-state index in [0.717, 1.165) is 42.5 Å². The van der Waals surface area contributed by atoms with Crippen LogP contribution in [0.2, 0.25) is 0 Å². The first kappa shape index (κ1) is 17.8. The molecule has 0 saturated carbocycles. The van der Waals surface area contributed by atoms with E-state index >= 15 is 0 Å². The van der Waals surface area contributed by atoms with Gasteiger partial charge in [-0.05, 0) is 54.2 Å². The zero-order chi connectivity index (χ0) is 19.1. The summed E-state index contributed by atoms with van der Waals surface area (Å²) in [6.45, 7) is 1.53. The molecule has 4 rings (SSSR count). The lowest BCUT2D eigenvalue weighted by molar-refractivity contribution is 0.171. The Bertz CT molecular complexity index is 880.